The summed E-state index contributed by atoms with van der Waals surface area (Å²) in [7, 11) is 0. The quantitative estimate of drug-likeness (QED) is 0.897. The lowest BCUT2D eigenvalue weighted by molar-refractivity contribution is 0.0517. The van der Waals surface area contributed by atoms with E-state index in [0.29, 0.717) is 18.3 Å². The average molecular weight is 307 g/mol. The number of aromatic hydroxyl groups is 1. The van der Waals surface area contributed by atoms with E-state index in [1.807, 2.05) is 20.8 Å². The van der Waals surface area contributed by atoms with Crippen LogP contribution in [0.15, 0.2) is 18.3 Å². The summed E-state index contributed by atoms with van der Waals surface area (Å²) in [5.74, 6) is 1.13. The fourth-order valence-corrected chi connectivity index (χ4v) is 2.60. The molecule has 0 aliphatic carbocycles. The van der Waals surface area contributed by atoms with Gasteiger partial charge in [-0.3, -0.25) is 0 Å². The minimum atomic E-state index is -0.484. The number of nitrogens with one attached hydrogen (secondary N) is 1. The van der Waals surface area contributed by atoms with E-state index in [-0.39, 0.29) is 11.8 Å². The summed E-state index contributed by atoms with van der Waals surface area (Å²) >= 11 is 0. The van der Waals surface area contributed by atoms with Gasteiger partial charge < -0.3 is 20.1 Å². The van der Waals surface area contributed by atoms with E-state index < -0.39 is 5.60 Å². The zero-order valence-electron chi connectivity index (χ0n) is 13.5. The molecule has 122 valence electrons. The highest BCUT2D eigenvalue weighted by molar-refractivity contribution is 5.67. The number of carbonyl (C=O) groups excluding carboxylic acids is 1. The Morgan fingerprint density at radius 2 is 2.32 bits per heavy atom. The third-order valence-corrected chi connectivity index (χ3v) is 3.52. The molecule has 6 nitrogen and oxygen atoms in total. The first-order valence-corrected chi connectivity index (χ1v) is 7.71. The number of piperidine rings is 1. The van der Waals surface area contributed by atoms with Crippen LogP contribution in [0.3, 0.4) is 0 Å². The highest BCUT2D eigenvalue weighted by Gasteiger charge is 2.24. The Morgan fingerprint density at radius 1 is 1.55 bits per heavy atom. The summed E-state index contributed by atoms with van der Waals surface area (Å²) in [5, 5.41) is 12.7. The van der Waals surface area contributed by atoms with E-state index in [1.165, 1.54) is 0 Å². The van der Waals surface area contributed by atoms with Gasteiger partial charge in [0.1, 0.15) is 5.60 Å². The summed E-state index contributed by atoms with van der Waals surface area (Å²) in [5.41, 5.74) is -0.484. The van der Waals surface area contributed by atoms with E-state index in [4.69, 9.17) is 4.74 Å². The van der Waals surface area contributed by atoms with Gasteiger partial charge in [-0.2, -0.15) is 0 Å². The topological polar surface area (TPSA) is 74.7 Å². The minimum absolute atomic E-state index is 0.197. The van der Waals surface area contributed by atoms with Crippen LogP contribution in [-0.2, 0) is 4.74 Å². The van der Waals surface area contributed by atoms with Crippen molar-refractivity contribution < 1.29 is 14.6 Å². The molecule has 1 saturated heterocycles. The molecule has 2 rings (SSSR count). The van der Waals surface area contributed by atoms with Crippen LogP contribution in [0.25, 0.3) is 0 Å². The van der Waals surface area contributed by atoms with Gasteiger partial charge in [0.15, 0.2) is 11.6 Å². The Balaban J connectivity index is 1.86. The Kier molecular flexibility index (Phi) is 5.11. The van der Waals surface area contributed by atoms with Crippen LogP contribution in [0, 0.1) is 5.92 Å². The molecule has 1 fully saturated rings. The van der Waals surface area contributed by atoms with Gasteiger partial charge in [-0.05, 0) is 51.7 Å². The molecule has 0 saturated carbocycles. The predicted octanol–water partition coefficient (Wildman–Crippen LogP) is 2.53. The predicted molar refractivity (Wildman–Crippen MR) is 85.1 cm³/mol. The molecule has 0 aromatic carbocycles. The summed E-state index contributed by atoms with van der Waals surface area (Å²) in [4.78, 5) is 18.0. The van der Waals surface area contributed by atoms with Crippen LogP contribution in [0.5, 0.6) is 5.75 Å². The Hall–Kier alpha value is -1.98. The number of hydrogen-bond donors (Lipinski definition) is 2. The lowest BCUT2D eigenvalue weighted by atomic mass is 9.98. The van der Waals surface area contributed by atoms with Crippen molar-refractivity contribution in [1.82, 2.24) is 10.3 Å². The molecule has 0 spiro atoms. The molecule has 22 heavy (non-hydrogen) atoms. The van der Waals surface area contributed by atoms with E-state index >= 15 is 0 Å². The Labute approximate surface area is 131 Å². The Morgan fingerprint density at radius 3 is 3.00 bits per heavy atom. The molecule has 1 aromatic heterocycles. The smallest absolute Gasteiger partial charge is 0.407 e. The van der Waals surface area contributed by atoms with Crippen LogP contribution >= 0.6 is 0 Å². The second-order valence-corrected chi connectivity index (χ2v) is 6.68. The number of carbonyl (C=O) groups is 1. The zero-order chi connectivity index (χ0) is 16.2. The number of amides is 1. The fourth-order valence-electron chi connectivity index (χ4n) is 2.60. The molecule has 1 amide bonds. The van der Waals surface area contributed by atoms with Crippen molar-refractivity contribution in [1.29, 1.82) is 0 Å². The van der Waals surface area contributed by atoms with E-state index in [9.17, 15) is 9.90 Å². The highest BCUT2D eigenvalue weighted by Crippen LogP contribution is 2.28. The second-order valence-electron chi connectivity index (χ2n) is 6.68. The number of anilines is 1. The van der Waals surface area contributed by atoms with Crippen LogP contribution in [0.4, 0.5) is 10.6 Å². The molecule has 1 aliphatic heterocycles. The van der Waals surface area contributed by atoms with Gasteiger partial charge in [-0.25, -0.2) is 9.78 Å². The molecule has 1 aromatic rings. The summed E-state index contributed by atoms with van der Waals surface area (Å²) in [6.45, 7) is 7.74. The molecular weight excluding hydrogens is 282 g/mol. The number of pyridine rings is 1. The minimum Gasteiger partial charge on any atom is -0.504 e. The largest absolute Gasteiger partial charge is 0.504 e. The van der Waals surface area contributed by atoms with Gasteiger partial charge in [0.25, 0.3) is 0 Å². The van der Waals surface area contributed by atoms with Crippen LogP contribution in [0.2, 0.25) is 0 Å². The maximum Gasteiger partial charge on any atom is 0.407 e. The highest BCUT2D eigenvalue weighted by atomic mass is 16.6. The Bertz CT molecular complexity index is 514. The number of rotatable bonds is 3. The van der Waals surface area contributed by atoms with Crippen molar-refractivity contribution in [2.45, 2.75) is 39.2 Å². The first kappa shape index (κ1) is 16.4. The maximum atomic E-state index is 11.7. The fraction of sp³-hybridized carbons (Fsp3) is 0.625. The molecule has 2 N–H and O–H groups in total. The van der Waals surface area contributed by atoms with Crippen molar-refractivity contribution in [3.63, 3.8) is 0 Å². The summed E-state index contributed by atoms with van der Waals surface area (Å²) in [6.07, 6.45) is 3.35. The molecule has 0 unspecified atom stereocenters. The van der Waals surface area contributed by atoms with E-state index in [2.05, 4.69) is 15.2 Å². The van der Waals surface area contributed by atoms with Crippen molar-refractivity contribution in [2.75, 3.05) is 24.5 Å². The second kappa shape index (κ2) is 6.85. The lowest BCUT2D eigenvalue weighted by Gasteiger charge is -2.34. The number of aromatic nitrogens is 1. The molecular formula is C16H25N3O3. The van der Waals surface area contributed by atoms with Crippen molar-refractivity contribution >= 4 is 11.9 Å². The van der Waals surface area contributed by atoms with Gasteiger partial charge in [0.05, 0.1) is 0 Å². The molecule has 1 aliphatic rings. The molecule has 0 bridgehead atoms. The van der Waals surface area contributed by atoms with Crippen molar-refractivity contribution in [2.24, 2.45) is 5.92 Å². The van der Waals surface area contributed by atoms with Crippen LogP contribution in [-0.4, -0.2) is 41.4 Å². The van der Waals surface area contributed by atoms with Crippen LogP contribution < -0.4 is 10.2 Å². The third kappa shape index (κ3) is 4.79. The first-order chi connectivity index (χ1) is 10.3. The van der Waals surface area contributed by atoms with Gasteiger partial charge in [-0.1, -0.05) is 0 Å². The number of ether oxygens (including phenoxy) is 1. The number of hydrogen-bond acceptors (Lipinski definition) is 5. The first-order valence-electron chi connectivity index (χ1n) is 7.71. The lowest BCUT2D eigenvalue weighted by Crippen LogP contribution is -2.42. The summed E-state index contributed by atoms with van der Waals surface area (Å²) < 4.78 is 5.24. The van der Waals surface area contributed by atoms with Gasteiger partial charge >= 0.3 is 6.09 Å². The molecule has 6 heteroatoms. The van der Waals surface area contributed by atoms with Crippen molar-refractivity contribution in [3.05, 3.63) is 18.3 Å². The van der Waals surface area contributed by atoms with E-state index in [0.717, 1.165) is 25.9 Å². The van der Waals surface area contributed by atoms with Crippen molar-refractivity contribution in [3.8, 4) is 5.75 Å². The van der Waals surface area contributed by atoms with E-state index in [1.54, 1.807) is 18.3 Å². The average Bonchev–Trinajstić information content (AvgIpc) is 2.44. The number of alkyl carbamates (subject to hydrolysis) is 1. The molecule has 2 heterocycles. The summed E-state index contributed by atoms with van der Waals surface area (Å²) in [6, 6.07) is 3.36. The number of nitrogens with zero attached hydrogens (tertiary/aromatic N) is 2. The third-order valence-electron chi connectivity index (χ3n) is 3.52. The molecule has 1 atom stereocenters. The zero-order valence-corrected chi connectivity index (χ0v) is 13.5. The maximum absolute atomic E-state index is 11.7. The normalized spacial score (nSPS) is 18.9. The molecule has 0 radical (unpaired) electrons. The van der Waals surface area contributed by atoms with Gasteiger partial charge in [-0.15, -0.1) is 0 Å². The van der Waals surface area contributed by atoms with Crippen LogP contribution in [0.1, 0.15) is 33.6 Å². The van der Waals surface area contributed by atoms with Gasteiger partial charge in [0.2, 0.25) is 0 Å². The standard InChI is InChI=1S/C16H25N3O3/c1-16(2,3)22-15(21)18-10-12-6-5-9-19(11-12)14-13(20)7-4-8-17-14/h4,7-8,12,20H,5-6,9-11H2,1-3H3,(H,18,21)/t12-/m0/s1. The monoisotopic (exact) mass is 307 g/mol. The SMILES string of the molecule is CC(C)(C)OC(=O)NC[C@@H]1CCCN(c2ncccc2O)C1. The van der Waals surface area contributed by atoms with Gasteiger partial charge in [0, 0.05) is 25.8 Å².